The standard InChI is InChI=1S/C14H20F3NO/c1-3-11-4-6-12(7-5-11)13(18-2)10-19-9-8-14(15,16)17/h4-7,13,18H,3,8-10H2,1-2H3. The van der Waals surface area contributed by atoms with E-state index in [0.717, 1.165) is 12.0 Å². The number of hydrogen-bond acceptors (Lipinski definition) is 2. The number of hydrogen-bond donors (Lipinski definition) is 1. The molecule has 1 aromatic rings. The molecule has 1 unspecified atom stereocenters. The van der Waals surface area contributed by atoms with E-state index in [9.17, 15) is 13.2 Å². The molecule has 0 aromatic heterocycles. The third-order valence-corrected chi connectivity index (χ3v) is 2.95. The Labute approximate surface area is 112 Å². The summed E-state index contributed by atoms with van der Waals surface area (Å²) >= 11 is 0. The van der Waals surface area contributed by atoms with Crippen molar-refractivity contribution in [3.63, 3.8) is 0 Å². The van der Waals surface area contributed by atoms with Gasteiger partial charge in [0.25, 0.3) is 0 Å². The molecule has 0 saturated carbocycles. The summed E-state index contributed by atoms with van der Waals surface area (Å²) in [5, 5.41) is 3.05. The summed E-state index contributed by atoms with van der Waals surface area (Å²) in [7, 11) is 1.77. The van der Waals surface area contributed by atoms with Crippen molar-refractivity contribution in [2.75, 3.05) is 20.3 Å². The zero-order chi connectivity index (χ0) is 14.3. The summed E-state index contributed by atoms with van der Waals surface area (Å²) < 4.78 is 41.0. The van der Waals surface area contributed by atoms with E-state index in [2.05, 4.69) is 12.2 Å². The van der Waals surface area contributed by atoms with Crippen LogP contribution in [0.1, 0.15) is 30.5 Å². The maximum Gasteiger partial charge on any atom is 0.391 e. The summed E-state index contributed by atoms with van der Waals surface area (Å²) in [5.41, 5.74) is 2.25. The molecule has 0 aliphatic rings. The van der Waals surface area contributed by atoms with Crippen molar-refractivity contribution >= 4 is 0 Å². The maximum absolute atomic E-state index is 12.0. The minimum absolute atomic E-state index is 0.0841. The van der Waals surface area contributed by atoms with Crippen LogP contribution < -0.4 is 5.32 Å². The van der Waals surface area contributed by atoms with Crippen LogP contribution in [0.2, 0.25) is 0 Å². The molecule has 0 aliphatic heterocycles. The van der Waals surface area contributed by atoms with E-state index in [-0.39, 0.29) is 19.3 Å². The fourth-order valence-corrected chi connectivity index (χ4v) is 1.72. The lowest BCUT2D eigenvalue weighted by atomic mass is 10.0. The van der Waals surface area contributed by atoms with Gasteiger partial charge in [-0.1, -0.05) is 31.2 Å². The first-order valence-corrected chi connectivity index (χ1v) is 6.37. The highest BCUT2D eigenvalue weighted by molar-refractivity contribution is 5.25. The van der Waals surface area contributed by atoms with Gasteiger partial charge in [0.15, 0.2) is 0 Å². The number of benzene rings is 1. The Morgan fingerprint density at radius 1 is 1.21 bits per heavy atom. The SMILES string of the molecule is CCc1ccc(C(COCCC(F)(F)F)NC)cc1. The van der Waals surface area contributed by atoms with Crippen LogP contribution in [0.25, 0.3) is 0 Å². The Bertz CT molecular complexity index is 362. The first-order chi connectivity index (χ1) is 8.96. The van der Waals surface area contributed by atoms with Crippen molar-refractivity contribution in [3.8, 4) is 0 Å². The van der Waals surface area contributed by atoms with Crippen molar-refractivity contribution in [3.05, 3.63) is 35.4 Å². The quantitative estimate of drug-likeness (QED) is 0.769. The fraction of sp³-hybridized carbons (Fsp3) is 0.571. The van der Waals surface area contributed by atoms with E-state index in [4.69, 9.17) is 4.74 Å². The highest BCUT2D eigenvalue weighted by Crippen LogP contribution is 2.20. The predicted molar refractivity (Wildman–Crippen MR) is 69.1 cm³/mol. The normalized spacial score (nSPS) is 13.5. The van der Waals surface area contributed by atoms with Gasteiger partial charge in [-0.05, 0) is 24.6 Å². The molecule has 0 saturated heterocycles. The van der Waals surface area contributed by atoms with Crippen molar-refractivity contribution in [2.24, 2.45) is 0 Å². The molecule has 0 heterocycles. The zero-order valence-corrected chi connectivity index (χ0v) is 11.3. The Kier molecular flexibility index (Phi) is 6.31. The van der Waals surface area contributed by atoms with Crippen LogP contribution in [-0.2, 0) is 11.2 Å². The van der Waals surface area contributed by atoms with E-state index in [0.29, 0.717) is 0 Å². The topological polar surface area (TPSA) is 21.3 Å². The van der Waals surface area contributed by atoms with Gasteiger partial charge in [-0.3, -0.25) is 0 Å². The van der Waals surface area contributed by atoms with Gasteiger partial charge in [-0.15, -0.1) is 0 Å². The minimum atomic E-state index is -4.15. The number of ether oxygens (including phenoxy) is 1. The summed E-state index contributed by atoms with van der Waals surface area (Å²) in [6.45, 7) is 2.01. The van der Waals surface area contributed by atoms with Gasteiger partial charge in [0.05, 0.1) is 25.7 Å². The van der Waals surface area contributed by atoms with E-state index >= 15 is 0 Å². The number of rotatable bonds is 7. The monoisotopic (exact) mass is 275 g/mol. The highest BCUT2D eigenvalue weighted by Gasteiger charge is 2.26. The second-order valence-electron chi connectivity index (χ2n) is 4.38. The smallest absolute Gasteiger partial charge is 0.379 e. The fourth-order valence-electron chi connectivity index (χ4n) is 1.72. The summed E-state index contributed by atoms with van der Waals surface area (Å²) in [5.74, 6) is 0. The lowest BCUT2D eigenvalue weighted by Crippen LogP contribution is -2.23. The van der Waals surface area contributed by atoms with Gasteiger partial charge in [-0.2, -0.15) is 13.2 Å². The summed E-state index contributed by atoms with van der Waals surface area (Å²) in [4.78, 5) is 0. The number of aryl methyl sites for hydroxylation is 1. The summed E-state index contributed by atoms with van der Waals surface area (Å²) in [6.07, 6.45) is -4.09. The first-order valence-electron chi connectivity index (χ1n) is 6.37. The van der Waals surface area contributed by atoms with Crippen molar-refractivity contribution in [2.45, 2.75) is 32.0 Å². The maximum atomic E-state index is 12.0. The third kappa shape index (κ3) is 6.07. The first kappa shape index (κ1) is 16.0. The van der Waals surface area contributed by atoms with Gasteiger partial charge < -0.3 is 10.1 Å². The molecule has 19 heavy (non-hydrogen) atoms. The molecule has 0 aliphatic carbocycles. The third-order valence-electron chi connectivity index (χ3n) is 2.95. The Hall–Kier alpha value is -1.07. The molecule has 0 fully saturated rings. The van der Waals surface area contributed by atoms with E-state index in [1.807, 2.05) is 24.3 Å². The largest absolute Gasteiger partial charge is 0.391 e. The van der Waals surface area contributed by atoms with Crippen molar-refractivity contribution < 1.29 is 17.9 Å². The van der Waals surface area contributed by atoms with E-state index < -0.39 is 12.6 Å². The number of alkyl halides is 3. The highest BCUT2D eigenvalue weighted by atomic mass is 19.4. The number of likely N-dealkylation sites (N-methyl/N-ethyl adjacent to an activating group) is 1. The van der Waals surface area contributed by atoms with E-state index in [1.165, 1.54) is 5.56 Å². The molecular weight excluding hydrogens is 255 g/mol. The van der Waals surface area contributed by atoms with Crippen LogP contribution in [-0.4, -0.2) is 26.4 Å². The molecule has 5 heteroatoms. The van der Waals surface area contributed by atoms with Crippen molar-refractivity contribution in [1.29, 1.82) is 0 Å². The molecule has 0 amide bonds. The van der Waals surface area contributed by atoms with Gasteiger partial charge in [0.1, 0.15) is 0 Å². The molecule has 2 nitrogen and oxygen atoms in total. The van der Waals surface area contributed by atoms with Crippen LogP contribution in [0.4, 0.5) is 13.2 Å². The molecule has 1 atom stereocenters. The molecule has 0 radical (unpaired) electrons. The van der Waals surface area contributed by atoms with Gasteiger partial charge in [0.2, 0.25) is 0 Å². The molecule has 1 N–H and O–H groups in total. The second kappa shape index (κ2) is 7.50. The summed E-state index contributed by atoms with van der Waals surface area (Å²) in [6, 6.07) is 7.92. The minimum Gasteiger partial charge on any atom is -0.379 e. The second-order valence-corrected chi connectivity index (χ2v) is 4.38. The van der Waals surface area contributed by atoms with Gasteiger partial charge >= 0.3 is 6.18 Å². The van der Waals surface area contributed by atoms with E-state index in [1.54, 1.807) is 7.05 Å². The predicted octanol–water partition coefficient (Wildman–Crippen LogP) is 3.48. The van der Waals surface area contributed by atoms with Crippen LogP contribution in [0, 0.1) is 0 Å². The lowest BCUT2D eigenvalue weighted by molar-refractivity contribution is -0.145. The van der Waals surface area contributed by atoms with Crippen LogP contribution >= 0.6 is 0 Å². The molecular formula is C14H20F3NO. The average Bonchev–Trinajstić information content (AvgIpc) is 2.38. The Morgan fingerprint density at radius 2 is 1.84 bits per heavy atom. The zero-order valence-electron chi connectivity index (χ0n) is 11.3. The van der Waals surface area contributed by atoms with Crippen LogP contribution in [0.15, 0.2) is 24.3 Å². The number of nitrogens with one attached hydrogen (secondary N) is 1. The molecule has 0 bridgehead atoms. The molecule has 108 valence electrons. The Morgan fingerprint density at radius 3 is 2.32 bits per heavy atom. The molecule has 1 aromatic carbocycles. The van der Waals surface area contributed by atoms with Crippen LogP contribution in [0.5, 0.6) is 0 Å². The molecule has 0 spiro atoms. The van der Waals surface area contributed by atoms with Gasteiger partial charge in [0, 0.05) is 0 Å². The lowest BCUT2D eigenvalue weighted by Gasteiger charge is -2.17. The van der Waals surface area contributed by atoms with Gasteiger partial charge in [-0.25, -0.2) is 0 Å². The van der Waals surface area contributed by atoms with Crippen molar-refractivity contribution in [1.82, 2.24) is 5.32 Å². The average molecular weight is 275 g/mol. The number of halogens is 3. The molecule has 1 rings (SSSR count). The van der Waals surface area contributed by atoms with Crippen LogP contribution in [0.3, 0.4) is 0 Å². The Balaban J connectivity index is 2.44.